The third-order valence-electron chi connectivity index (χ3n) is 2.51. The second kappa shape index (κ2) is 7.72. The molecular weight excluding hydrogens is 302 g/mol. The van der Waals surface area contributed by atoms with Gasteiger partial charge in [-0.3, -0.25) is 4.79 Å². The minimum atomic E-state index is -0.0233. The molecule has 4 heteroatoms. The smallest absolute Gasteiger partial charge is 0.251 e. The van der Waals surface area contributed by atoms with E-state index in [4.69, 9.17) is 11.6 Å². The maximum atomic E-state index is 11.8. The van der Waals surface area contributed by atoms with Crippen LogP contribution in [0.5, 0.6) is 0 Å². The van der Waals surface area contributed by atoms with Crippen LogP contribution in [0.2, 0.25) is 0 Å². The fourth-order valence-corrected chi connectivity index (χ4v) is 2.01. The summed E-state index contributed by atoms with van der Waals surface area (Å²) in [6.07, 6.45) is 2.01. The van der Waals surface area contributed by atoms with E-state index in [0.717, 1.165) is 17.3 Å². The molecule has 0 aliphatic heterocycles. The van der Waals surface area contributed by atoms with Crippen LogP contribution in [0.3, 0.4) is 0 Å². The van der Waals surface area contributed by atoms with Gasteiger partial charge in [0, 0.05) is 22.5 Å². The highest BCUT2D eigenvalue weighted by Gasteiger charge is 2.05. The molecule has 1 rings (SSSR count). The Kier molecular flexibility index (Phi) is 6.60. The van der Waals surface area contributed by atoms with E-state index in [1.807, 2.05) is 24.3 Å². The molecule has 1 aromatic carbocycles. The van der Waals surface area contributed by atoms with Crippen molar-refractivity contribution in [2.45, 2.75) is 19.8 Å². The molecule has 0 aromatic heterocycles. The Morgan fingerprint density at radius 1 is 1.53 bits per heavy atom. The minimum Gasteiger partial charge on any atom is -0.352 e. The number of benzene rings is 1. The van der Waals surface area contributed by atoms with Crippen molar-refractivity contribution in [3.05, 3.63) is 34.3 Å². The van der Waals surface area contributed by atoms with Gasteiger partial charge in [0.25, 0.3) is 5.91 Å². The molecule has 0 aliphatic rings. The van der Waals surface area contributed by atoms with Gasteiger partial charge in [-0.15, -0.1) is 11.6 Å². The Morgan fingerprint density at radius 2 is 2.29 bits per heavy atom. The van der Waals surface area contributed by atoms with Crippen molar-refractivity contribution in [1.29, 1.82) is 0 Å². The van der Waals surface area contributed by atoms with E-state index >= 15 is 0 Å². The molecule has 0 spiro atoms. The van der Waals surface area contributed by atoms with Crippen LogP contribution in [0.1, 0.15) is 30.1 Å². The van der Waals surface area contributed by atoms with E-state index in [-0.39, 0.29) is 5.91 Å². The van der Waals surface area contributed by atoms with Gasteiger partial charge in [-0.1, -0.05) is 28.9 Å². The number of alkyl halides is 1. The van der Waals surface area contributed by atoms with E-state index < -0.39 is 0 Å². The van der Waals surface area contributed by atoms with Crippen molar-refractivity contribution in [2.75, 3.05) is 12.4 Å². The second-order valence-corrected chi connectivity index (χ2v) is 5.39. The Bertz CT molecular complexity index is 370. The van der Waals surface area contributed by atoms with E-state index in [1.165, 1.54) is 0 Å². The zero-order valence-electron chi connectivity index (χ0n) is 9.88. The molecule has 1 N–H and O–H groups in total. The normalized spacial score (nSPS) is 12.2. The monoisotopic (exact) mass is 317 g/mol. The number of hydrogen-bond acceptors (Lipinski definition) is 1. The zero-order chi connectivity index (χ0) is 12.7. The standard InChI is InChI=1S/C13H17BrClNO/c1-10(9-15)4-3-7-16-13(17)11-5-2-6-12(14)8-11/h2,5-6,8,10H,3-4,7,9H2,1H3,(H,16,17). The fraction of sp³-hybridized carbons (Fsp3) is 0.462. The van der Waals surface area contributed by atoms with Crippen molar-refractivity contribution in [2.24, 2.45) is 5.92 Å². The van der Waals surface area contributed by atoms with Gasteiger partial charge in [0.2, 0.25) is 0 Å². The molecule has 1 unspecified atom stereocenters. The van der Waals surface area contributed by atoms with Crippen LogP contribution in [0.25, 0.3) is 0 Å². The van der Waals surface area contributed by atoms with Crippen molar-refractivity contribution in [3.63, 3.8) is 0 Å². The Hall–Kier alpha value is -0.540. The fourth-order valence-electron chi connectivity index (χ4n) is 1.46. The van der Waals surface area contributed by atoms with Crippen molar-refractivity contribution >= 4 is 33.4 Å². The summed E-state index contributed by atoms with van der Waals surface area (Å²) in [5, 5.41) is 2.90. The summed E-state index contributed by atoms with van der Waals surface area (Å²) in [6, 6.07) is 7.38. The lowest BCUT2D eigenvalue weighted by Gasteiger charge is -2.08. The van der Waals surface area contributed by atoms with Gasteiger partial charge in [0.1, 0.15) is 0 Å². The number of carbonyl (C=O) groups is 1. The summed E-state index contributed by atoms with van der Waals surface area (Å²) in [6.45, 7) is 2.82. The third kappa shape index (κ3) is 5.55. The summed E-state index contributed by atoms with van der Waals surface area (Å²) in [7, 11) is 0. The molecule has 2 nitrogen and oxygen atoms in total. The van der Waals surface area contributed by atoms with Gasteiger partial charge in [-0.2, -0.15) is 0 Å². The highest BCUT2D eigenvalue weighted by molar-refractivity contribution is 9.10. The molecule has 0 fully saturated rings. The first kappa shape index (κ1) is 14.5. The van der Waals surface area contributed by atoms with Crippen LogP contribution in [0, 0.1) is 5.92 Å². The average molecular weight is 319 g/mol. The summed E-state index contributed by atoms with van der Waals surface area (Å²) in [5.74, 6) is 1.17. The van der Waals surface area contributed by atoms with Crippen LogP contribution in [-0.2, 0) is 0 Å². The number of rotatable bonds is 6. The third-order valence-corrected chi connectivity index (χ3v) is 3.53. The first-order valence-corrected chi connectivity index (χ1v) is 7.06. The SMILES string of the molecule is CC(CCl)CCCNC(=O)c1cccc(Br)c1. The first-order chi connectivity index (χ1) is 8.13. The molecule has 1 aromatic rings. The molecule has 0 saturated heterocycles. The van der Waals surface area contributed by atoms with E-state index in [2.05, 4.69) is 28.2 Å². The highest BCUT2D eigenvalue weighted by atomic mass is 79.9. The van der Waals surface area contributed by atoms with Crippen LogP contribution >= 0.6 is 27.5 Å². The number of hydrogen-bond donors (Lipinski definition) is 1. The maximum Gasteiger partial charge on any atom is 0.251 e. The number of nitrogens with one attached hydrogen (secondary N) is 1. The second-order valence-electron chi connectivity index (χ2n) is 4.17. The van der Waals surface area contributed by atoms with Gasteiger partial charge in [-0.05, 0) is 37.0 Å². The van der Waals surface area contributed by atoms with Gasteiger partial charge >= 0.3 is 0 Å². The molecular formula is C13H17BrClNO. The number of amides is 1. The zero-order valence-corrected chi connectivity index (χ0v) is 12.2. The van der Waals surface area contributed by atoms with Gasteiger partial charge in [0.05, 0.1) is 0 Å². The van der Waals surface area contributed by atoms with Crippen molar-refractivity contribution in [3.8, 4) is 0 Å². The van der Waals surface area contributed by atoms with Crippen LogP contribution in [-0.4, -0.2) is 18.3 Å². The van der Waals surface area contributed by atoms with Gasteiger partial charge in [0.15, 0.2) is 0 Å². The molecule has 17 heavy (non-hydrogen) atoms. The lowest BCUT2D eigenvalue weighted by atomic mass is 10.1. The predicted molar refractivity (Wildman–Crippen MR) is 75.6 cm³/mol. The quantitative estimate of drug-likeness (QED) is 0.627. The Balaban J connectivity index is 2.30. The van der Waals surface area contributed by atoms with Crippen molar-refractivity contribution < 1.29 is 4.79 Å². The summed E-state index contributed by atoms with van der Waals surface area (Å²) in [4.78, 5) is 11.8. The largest absolute Gasteiger partial charge is 0.352 e. The molecule has 94 valence electrons. The van der Waals surface area contributed by atoms with Gasteiger partial charge in [-0.25, -0.2) is 0 Å². The molecule has 0 radical (unpaired) electrons. The Morgan fingerprint density at radius 3 is 2.94 bits per heavy atom. The molecule has 0 bridgehead atoms. The number of carbonyl (C=O) groups excluding carboxylic acids is 1. The summed E-state index contributed by atoms with van der Waals surface area (Å²) in [5.41, 5.74) is 0.685. The molecule has 0 aliphatic carbocycles. The van der Waals surface area contributed by atoms with Gasteiger partial charge < -0.3 is 5.32 Å². The van der Waals surface area contributed by atoms with Crippen molar-refractivity contribution in [1.82, 2.24) is 5.32 Å². The van der Waals surface area contributed by atoms with Crippen LogP contribution in [0.15, 0.2) is 28.7 Å². The summed E-state index contributed by atoms with van der Waals surface area (Å²) >= 11 is 9.06. The summed E-state index contributed by atoms with van der Waals surface area (Å²) < 4.78 is 0.918. The predicted octanol–water partition coefficient (Wildman–Crippen LogP) is 3.83. The van der Waals surface area contributed by atoms with Crippen LogP contribution < -0.4 is 5.32 Å². The lowest BCUT2D eigenvalue weighted by Crippen LogP contribution is -2.24. The molecule has 1 amide bonds. The topological polar surface area (TPSA) is 29.1 Å². The average Bonchev–Trinajstić information content (AvgIpc) is 2.34. The molecule has 0 saturated carbocycles. The van der Waals surface area contributed by atoms with E-state index in [1.54, 1.807) is 0 Å². The minimum absolute atomic E-state index is 0.0233. The first-order valence-electron chi connectivity index (χ1n) is 5.73. The lowest BCUT2D eigenvalue weighted by molar-refractivity contribution is 0.0952. The molecule has 1 atom stereocenters. The Labute approximate surface area is 116 Å². The number of halogens is 2. The van der Waals surface area contributed by atoms with E-state index in [0.29, 0.717) is 23.9 Å². The maximum absolute atomic E-state index is 11.8. The molecule has 0 heterocycles. The van der Waals surface area contributed by atoms with E-state index in [9.17, 15) is 4.79 Å². The van der Waals surface area contributed by atoms with Crippen LogP contribution in [0.4, 0.5) is 0 Å². The highest BCUT2D eigenvalue weighted by Crippen LogP contribution is 2.11.